The van der Waals surface area contributed by atoms with Gasteiger partial charge in [-0.15, -0.1) is 0 Å². The van der Waals surface area contributed by atoms with Crippen LogP contribution in [0.3, 0.4) is 0 Å². The molecule has 3 nitrogen and oxygen atoms in total. The fourth-order valence-corrected chi connectivity index (χ4v) is 2.84. The number of piperidine rings is 1. The zero-order chi connectivity index (χ0) is 13.1. The standard InChI is InChI=1S/C14H18BrNO2/c1-10-5-6-16(8-14(10)18-2)12-4-3-11(9-17)13(15)7-12/h3-4,7,9-10,14H,5-6,8H2,1-2H3. The lowest BCUT2D eigenvalue weighted by Gasteiger charge is -2.37. The molecule has 1 heterocycles. The molecule has 1 aliphatic heterocycles. The van der Waals surface area contributed by atoms with Gasteiger partial charge in [0.05, 0.1) is 6.10 Å². The molecule has 0 N–H and O–H groups in total. The highest BCUT2D eigenvalue weighted by Crippen LogP contribution is 2.28. The van der Waals surface area contributed by atoms with Crippen molar-refractivity contribution in [3.05, 3.63) is 28.2 Å². The summed E-state index contributed by atoms with van der Waals surface area (Å²) < 4.78 is 6.37. The van der Waals surface area contributed by atoms with Crippen molar-refractivity contribution in [2.45, 2.75) is 19.4 Å². The summed E-state index contributed by atoms with van der Waals surface area (Å²) in [6.07, 6.45) is 2.28. The Kier molecular flexibility index (Phi) is 4.40. The first-order valence-corrected chi connectivity index (χ1v) is 6.97. The Hall–Kier alpha value is -0.870. The van der Waals surface area contributed by atoms with Crippen LogP contribution in [0, 0.1) is 5.92 Å². The summed E-state index contributed by atoms with van der Waals surface area (Å²) >= 11 is 3.43. The number of hydrogen-bond acceptors (Lipinski definition) is 3. The predicted octanol–water partition coefficient (Wildman–Crippen LogP) is 3.12. The zero-order valence-corrected chi connectivity index (χ0v) is 12.3. The molecule has 0 aromatic heterocycles. The quantitative estimate of drug-likeness (QED) is 0.803. The van der Waals surface area contributed by atoms with E-state index in [2.05, 4.69) is 27.8 Å². The molecule has 0 aliphatic carbocycles. The van der Waals surface area contributed by atoms with E-state index < -0.39 is 0 Å². The van der Waals surface area contributed by atoms with Gasteiger partial charge in [-0.25, -0.2) is 0 Å². The van der Waals surface area contributed by atoms with Gasteiger partial charge in [0.25, 0.3) is 0 Å². The lowest BCUT2D eigenvalue weighted by molar-refractivity contribution is 0.0498. The average molecular weight is 312 g/mol. The smallest absolute Gasteiger partial charge is 0.151 e. The van der Waals surface area contributed by atoms with E-state index in [1.54, 1.807) is 7.11 Å². The molecule has 0 saturated carbocycles. The van der Waals surface area contributed by atoms with Gasteiger partial charge in [-0.1, -0.05) is 6.92 Å². The average Bonchev–Trinajstić information content (AvgIpc) is 2.39. The Bertz CT molecular complexity index is 436. The predicted molar refractivity (Wildman–Crippen MR) is 76.3 cm³/mol. The fraction of sp³-hybridized carbons (Fsp3) is 0.500. The number of hydrogen-bond donors (Lipinski definition) is 0. The molecular formula is C14H18BrNO2. The molecule has 1 fully saturated rings. The normalized spacial score (nSPS) is 24.1. The number of anilines is 1. The number of rotatable bonds is 3. The minimum Gasteiger partial charge on any atom is -0.379 e. The first-order chi connectivity index (χ1) is 8.65. The summed E-state index contributed by atoms with van der Waals surface area (Å²) in [4.78, 5) is 13.1. The van der Waals surface area contributed by atoms with E-state index >= 15 is 0 Å². The van der Waals surface area contributed by atoms with Crippen molar-refractivity contribution < 1.29 is 9.53 Å². The van der Waals surface area contributed by atoms with Crippen molar-refractivity contribution in [2.24, 2.45) is 5.92 Å². The molecule has 2 unspecified atom stereocenters. The third-order valence-corrected chi connectivity index (χ3v) is 4.36. The van der Waals surface area contributed by atoms with Crippen LogP contribution in [0.4, 0.5) is 5.69 Å². The summed E-state index contributed by atoms with van der Waals surface area (Å²) in [7, 11) is 1.77. The summed E-state index contributed by atoms with van der Waals surface area (Å²) in [5, 5.41) is 0. The van der Waals surface area contributed by atoms with Crippen molar-refractivity contribution >= 4 is 27.9 Å². The summed E-state index contributed by atoms with van der Waals surface area (Å²) in [6, 6.07) is 5.86. The van der Waals surface area contributed by atoms with Crippen LogP contribution in [0.5, 0.6) is 0 Å². The van der Waals surface area contributed by atoms with Crippen LogP contribution < -0.4 is 4.90 Å². The molecule has 4 heteroatoms. The number of benzene rings is 1. The minimum absolute atomic E-state index is 0.281. The van der Waals surface area contributed by atoms with E-state index in [-0.39, 0.29) is 6.10 Å². The maximum atomic E-state index is 10.8. The summed E-state index contributed by atoms with van der Waals surface area (Å²) in [6.45, 7) is 4.18. The van der Waals surface area contributed by atoms with E-state index in [9.17, 15) is 4.79 Å². The van der Waals surface area contributed by atoms with Gasteiger partial charge in [-0.3, -0.25) is 4.79 Å². The number of ether oxygens (including phenoxy) is 1. The Morgan fingerprint density at radius 2 is 2.28 bits per heavy atom. The molecule has 0 spiro atoms. The van der Waals surface area contributed by atoms with Gasteiger partial charge < -0.3 is 9.64 Å². The molecule has 0 amide bonds. The van der Waals surface area contributed by atoms with Gasteiger partial charge in [-0.05, 0) is 46.5 Å². The van der Waals surface area contributed by atoms with E-state index in [0.717, 1.165) is 36.0 Å². The SMILES string of the molecule is COC1CN(c2ccc(C=O)c(Br)c2)CCC1C. The molecule has 98 valence electrons. The van der Waals surface area contributed by atoms with Gasteiger partial charge in [0.15, 0.2) is 6.29 Å². The number of halogens is 1. The van der Waals surface area contributed by atoms with Gasteiger partial charge >= 0.3 is 0 Å². The Balaban J connectivity index is 2.16. The molecule has 1 aliphatic rings. The highest BCUT2D eigenvalue weighted by molar-refractivity contribution is 9.10. The van der Waals surface area contributed by atoms with Gasteiger partial charge in [0.1, 0.15) is 0 Å². The minimum atomic E-state index is 0.281. The summed E-state index contributed by atoms with van der Waals surface area (Å²) in [5.41, 5.74) is 1.83. The molecule has 1 aromatic carbocycles. The topological polar surface area (TPSA) is 29.5 Å². The number of methoxy groups -OCH3 is 1. The highest BCUT2D eigenvalue weighted by atomic mass is 79.9. The van der Waals surface area contributed by atoms with E-state index in [0.29, 0.717) is 11.5 Å². The number of aldehydes is 1. The molecule has 0 bridgehead atoms. The second kappa shape index (κ2) is 5.85. The Morgan fingerprint density at radius 1 is 1.50 bits per heavy atom. The Labute approximate surface area is 116 Å². The Morgan fingerprint density at radius 3 is 2.89 bits per heavy atom. The van der Waals surface area contributed by atoms with Crippen molar-refractivity contribution in [1.29, 1.82) is 0 Å². The van der Waals surface area contributed by atoms with Crippen LogP contribution in [0.2, 0.25) is 0 Å². The van der Waals surface area contributed by atoms with Crippen LogP contribution in [0.15, 0.2) is 22.7 Å². The lowest BCUT2D eigenvalue weighted by Crippen LogP contribution is -2.43. The van der Waals surface area contributed by atoms with Crippen LogP contribution in [-0.4, -0.2) is 32.6 Å². The van der Waals surface area contributed by atoms with Crippen LogP contribution in [0.1, 0.15) is 23.7 Å². The second-order valence-electron chi connectivity index (χ2n) is 4.81. The van der Waals surface area contributed by atoms with Gasteiger partial charge in [0.2, 0.25) is 0 Å². The van der Waals surface area contributed by atoms with Crippen LogP contribution >= 0.6 is 15.9 Å². The fourth-order valence-electron chi connectivity index (χ4n) is 2.38. The van der Waals surface area contributed by atoms with E-state index in [1.165, 1.54) is 0 Å². The molecule has 0 radical (unpaired) electrons. The maximum absolute atomic E-state index is 10.8. The van der Waals surface area contributed by atoms with Crippen molar-refractivity contribution in [3.63, 3.8) is 0 Å². The molecule has 1 aromatic rings. The van der Waals surface area contributed by atoms with Crippen molar-refractivity contribution in [1.82, 2.24) is 0 Å². The van der Waals surface area contributed by atoms with Gasteiger partial charge in [-0.2, -0.15) is 0 Å². The molecule has 1 saturated heterocycles. The van der Waals surface area contributed by atoms with Crippen LogP contribution in [0.25, 0.3) is 0 Å². The highest BCUT2D eigenvalue weighted by Gasteiger charge is 2.26. The maximum Gasteiger partial charge on any atom is 0.151 e. The molecule has 2 rings (SSSR count). The van der Waals surface area contributed by atoms with E-state index in [4.69, 9.17) is 4.74 Å². The largest absolute Gasteiger partial charge is 0.379 e. The first kappa shape index (κ1) is 13.6. The van der Waals surface area contributed by atoms with Crippen molar-refractivity contribution in [2.75, 3.05) is 25.1 Å². The van der Waals surface area contributed by atoms with Gasteiger partial charge in [0, 0.05) is 35.9 Å². The number of carbonyl (C=O) groups is 1. The molecular weight excluding hydrogens is 294 g/mol. The monoisotopic (exact) mass is 311 g/mol. The second-order valence-corrected chi connectivity index (χ2v) is 5.66. The lowest BCUT2D eigenvalue weighted by atomic mass is 9.95. The third kappa shape index (κ3) is 2.75. The summed E-state index contributed by atoms with van der Waals surface area (Å²) in [5.74, 6) is 0.601. The number of carbonyl (C=O) groups excluding carboxylic acids is 1. The third-order valence-electron chi connectivity index (χ3n) is 3.67. The van der Waals surface area contributed by atoms with Crippen LogP contribution in [-0.2, 0) is 4.74 Å². The zero-order valence-electron chi connectivity index (χ0n) is 10.7. The van der Waals surface area contributed by atoms with Crippen molar-refractivity contribution in [3.8, 4) is 0 Å². The molecule has 18 heavy (non-hydrogen) atoms. The number of nitrogens with zero attached hydrogens (tertiary/aromatic N) is 1. The van der Waals surface area contributed by atoms with E-state index in [1.807, 2.05) is 18.2 Å². The first-order valence-electron chi connectivity index (χ1n) is 6.18. The molecule has 2 atom stereocenters.